The quantitative estimate of drug-likeness (QED) is 0.787. The summed E-state index contributed by atoms with van der Waals surface area (Å²) in [6.07, 6.45) is 8.28. The van der Waals surface area contributed by atoms with Gasteiger partial charge in [-0.3, -0.25) is 14.2 Å². The van der Waals surface area contributed by atoms with Gasteiger partial charge in [0, 0.05) is 26.7 Å². The van der Waals surface area contributed by atoms with Crippen LogP contribution in [0.4, 0.5) is 0 Å². The molecule has 8 nitrogen and oxygen atoms in total. The summed E-state index contributed by atoms with van der Waals surface area (Å²) in [6.45, 7) is 0.527. The molecule has 2 fully saturated rings. The molecule has 0 N–H and O–H groups in total. The number of hydrogen-bond donors (Lipinski definition) is 0. The summed E-state index contributed by atoms with van der Waals surface area (Å²) in [5.74, 6) is 0.447. The van der Waals surface area contributed by atoms with Crippen LogP contribution < -0.4 is 11.2 Å². The minimum absolute atomic E-state index is 0.123. The minimum atomic E-state index is -0.494. The molecule has 1 amide bonds. The molecule has 0 spiro atoms. The van der Waals surface area contributed by atoms with Gasteiger partial charge in [0.25, 0.3) is 5.56 Å². The molecule has 2 aliphatic rings. The monoisotopic (exact) mass is 359 g/mol. The van der Waals surface area contributed by atoms with Crippen molar-refractivity contribution >= 4 is 17.1 Å². The van der Waals surface area contributed by atoms with Crippen molar-refractivity contribution in [3.05, 3.63) is 27.2 Å². The Bertz CT molecular complexity index is 968. The average Bonchev–Trinajstić information content (AvgIpc) is 3.04. The summed E-state index contributed by atoms with van der Waals surface area (Å²) in [4.78, 5) is 44.5. The normalized spacial score (nSPS) is 23.2. The number of piperidine rings is 1. The predicted octanol–water partition coefficient (Wildman–Crippen LogP) is 0.615. The van der Waals surface area contributed by atoms with Gasteiger partial charge in [-0.1, -0.05) is 12.8 Å². The maximum Gasteiger partial charge on any atom is 0.332 e. The van der Waals surface area contributed by atoms with Gasteiger partial charge >= 0.3 is 5.69 Å². The molecular formula is C18H25N5O3. The second-order valence-corrected chi connectivity index (χ2v) is 7.60. The molecule has 140 valence electrons. The van der Waals surface area contributed by atoms with Crippen molar-refractivity contribution in [1.82, 2.24) is 23.6 Å². The smallest absolute Gasteiger partial charge is 0.332 e. The lowest BCUT2D eigenvalue weighted by atomic mass is 9.78. The predicted molar refractivity (Wildman–Crippen MR) is 96.9 cm³/mol. The first kappa shape index (κ1) is 17.1. The number of carbonyl (C=O) groups is 1. The Balaban J connectivity index is 1.69. The summed E-state index contributed by atoms with van der Waals surface area (Å²) in [5, 5.41) is 0. The fraction of sp³-hybridized carbons (Fsp3) is 0.667. The lowest BCUT2D eigenvalue weighted by Gasteiger charge is -2.44. The van der Waals surface area contributed by atoms with E-state index in [9.17, 15) is 14.4 Å². The van der Waals surface area contributed by atoms with Crippen LogP contribution in [0.25, 0.3) is 11.2 Å². The van der Waals surface area contributed by atoms with Crippen LogP contribution >= 0.6 is 0 Å². The van der Waals surface area contributed by atoms with Gasteiger partial charge in [-0.05, 0) is 31.6 Å². The van der Waals surface area contributed by atoms with Crippen LogP contribution in [0.5, 0.6) is 0 Å². The first-order valence-electron chi connectivity index (χ1n) is 9.39. The number of rotatable bonds is 2. The van der Waals surface area contributed by atoms with Gasteiger partial charge in [-0.2, -0.15) is 0 Å². The van der Waals surface area contributed by atoms with Gasteiger partial charge in [-0.25, -0.2) is 14.3 Å². The molecule has 3 heterocycles. The van der Waals surface area contributed by atoms with E-state index in [2.05, 4.69) is 4.98 Å². The number of hydrogen-bond acceptors (Lipinski definition) is 4. The highest BCUT2D eigenvalue weighted by atomic mass is 16.2. The molecule has 26 heavy (non-hydrogen) atoms. The number of likely N-dealkylation sites (tertiary alicyclic amines) is 1. The molecule has 1 saturated heterocycles. The molecule has 1 aliphatic carbocycles. The Hall–Kier alpha value is -2.38. The number of aryl methyl sites for hydroxylation is 2. The van der Waals surface area contributed by atoms with E-state index in [1.807, 2.05) is 4.90 Å². The van der Waals surface area contributed by atoms with Crippen LogP contribution in [-0.2, 0) is 25.4 Å². The highest BCUT2D eigenvalue weighted by molar-refractivity contribution is 5.77. The van der Waals surface area contributed by atoms with Crippen LogP contribution in [0.2, 0.25) is 0 Å². The van der Waals surface area contributed by atoms with Gasteiger partial charge < -0.3 is 9.47 Å². The van der Waals surface area contributed by atoms with Crippen molar-refractivity contribution in [1.29, 1.82) is 0 Å². The number of imidazole rings is 1. The van der Waals surface area contributed by atoms with Crippen molar-refractivity contribution in [2.24, 2.45) is 20.0 Å². The Morgan fingerprint density at radius 2 is 1.88 bits per heavy atom. The lowest BCUT2D eigenvalue weighted by molar-refractivity contribution is -0.138. The van der Waals surface area contributed by atoms with E-state index in [1.54, 1.807) is 18.7 Å². The van der Waals surface area contributed by atoms with Crippen LogP contribution in [0.15, 0.2) is 15.9 Å². The van der Waals surface area contributed by atoms with Gasteiger partial charge in [-0.15, -0.1) is 0 Å². The number of aromatic nitrogens is 4. The first-order valence-corrected chi connectivity index (χ1v) is 9.39. The van der Waals surface area contributed by atoms with E-state index in [0.29, 0.717) is 17.1 Å². The fourth-order valence-corrected chi connectivity index (χ4v) is 4.70. The molecule has 2 aromatic heterocycles. The summed E-state index contributed by atoms with van der Waals surface area (Å²) in [6, 6.07) is 0.269. The van der Waals surface area contributed by atoms with Crippen LogP contribution in [0.1, 0.15) is 38.5 Å². The highest BCUT2D eigenvalue weighted by Gasteiger charge is 2.36. The molecule has 2 aromatic rings. The van der Waals surface area contributed by atoms with E-state index < -0.39 is 11.2 Å². The fourth-order valence-electron chi connectivity index (χ4n) is 4.70. The van der Waals surface area contributed by atoms with Gasteiger partial charge in [0.05, 0.1) is 6.33 Å². The zero-order valence-electron chi connectivity index (χ0n) is 15.3. The summed E-state index contributed by atoms with van der Waals surface area (Å²) >= 11 is 0. The Morgan fingerprint density at radius 1 is 1.15 bits per heavy atom. The van der Waals surface area contributed by atoms with E-state index in [1.165, 1.54) is 30.2 Å². The van der Waals surface area contributed by atoms with E-state index in [0.717, 1.165) is 30.4 Å². The summed E-state index contributed by atoms with van der Waals surface area (Å²) in [7, 11) is 3.29. The second-order valence-electron chi connectivity index (χ2n) is 7.60. The number of fused-ring (bicyclic) bond motifs is 2. The molecule has 4 rings (SSSR count). The van der Waals surface area contributed by atoms with E-state index in [4.69, 9.17) is 0 Å². The molecule has 0 radical (unpaired) electrons. The van der Waals surface area contributed by atoms with Gasteiger partial charge in [0.2, 0.25) is 5.91 Å². The van der Waals surface area contributed by atoms with Crippen molar-refractivity contribution in [3.8, 4) is 0 Å². The van der Waals surface area contributed by atoms with Crippen LogP contribution in [0, 0.1) is 5.92 Å². The molecule has 1 aliphatic heterocycles. The average molecular weight is 359 g/mol. The SMILES string of the molecule is Cn1cnc2c1c(=O)n(CC(=O)N1CCC[C@H]3CCCC[C@@H]31)c(=O)n2C. The zero-order valence-corrected chi connectivity index (χ0v) is 15.3. The summed E-state index contributed by atoms with van der Waals surface area (Å²) in [5.41, 5.74) is -0.258. The summed E-state index contributed by atoms with van der Waals surface area (Å²) < 4.78 is 3.98. The van der Waals surface area contributed by atoms with Gasteiger partial charge in [0.15, 0.2) is 11.2 Å². The largest absolute Gasteiger partial charge is 0.338 e. The van der Waals surface area contributed by atoms with E-state index >= 15 is 0 Å². The number of carbonyl (C=O) groups excluding carboxylic acids is 1. The van der Waals surface area contributed by atoms with Crippen LogP contribution in [0.3, 0.4) is 0 Å². The topological polar surface area (TPSA) is 82.1 Å². The van der Waals surface area contributed by atoms with E-state index in [-0.39, 0.29) is 18.5 Å². The third kappa shape index (κ3) is 2.59. The highest BCUT2D eigenvalue weighted by Crippen LogP contribution is 2.35. The Morgan fingerprint density at radius 3 is 2.69 bits per heavy atom. The third-order valence-corrected chi connectivity index (χ3v) is 6.06. The molecule has 8 heteroatoms. The van der Waals surface area contributed by atoms with Gasteiger partial charge in [0.1, 0.15) is 6.54 Å². The number of nitrogens with zero attached hydrogens (tertiary/aromatic N) is 5. The maximum absolute atomic E-state index is 13.0. The van der Waals surface area contributed by atoms with Crippen molar-refractivity contribution < 1.29 is 4.79 Å². The second kappa shape index (κ2) is 6.41. The first-order chi connectivity index (χ1) is 12.5. The van der Waals surface area contributed by atoms with Crippen molar-refractivity contribution in [3.63, 3.8) is 0 Å². The molecule has 2 atom stereocenters. The van der Waals surface area contributed by atoms with Crippen molar-refractivity contribution in [2.45, 2.75) is 51.1 Å². The molecule has 0 bridgehead atoms. The zero-order chi connectivity index (χ0) is 18.4. The number of amides is 1. The lowest BCUT2D eigenvalue weighted by Crippen LogP contribution is -2.52. The molecular weight excluding hydrogens is 334 g/mol. The minimum Gasteiger partial charge on any atom is -0.338 e. The Labute approximate surface area is 151 Å². The maximum atomic E-state index is 13.0. The Kier molecular flexibility index (Phi) is 4.20. The molecule has 0 unspecified atom stereocenters. The molecule has 0 aromatic carbocycles. The van der Waals surface area contributed by atoms with Crippen LogP contribution in [-0.4, -0.2) is 42.1 Å². The third-order valence-electron chi connectivity index (χ3n) is 6.06. The molecule has 1 saturated carbocycles. The standard InChI is InChI=1S/C18H25N5O3/c1-20-11-19-16-15(20)17(25)23(18(26)21(16)2)10-14(24)22-9-5-7-12-6-3-4-8-13(12)22/h11-13H,3-10H2,1-2H3/t12-,13+/m1/s1. The van der Waals surface area contributed by atoms with Crippen molar-refractivity contribution in [2.75, 3.05) is 6.54 Å².